The smallest absolute Gasteiger partial charge is 0.356 e. The number of aliphatic carboxylic acids is 1. The molecule has 2 aromatic heterocycles. The van der Waals surface area contributed by atoms with Gasteiger partial charge in [0.25, 0.3) is 0 Å². The first-order chi connectivity index (χ1) is 8.54. The van der Waals surface area contributed by atoms with Gasteiger partial charge >= 0.3 is 11.9 Å². The van der Waals surface area contributed by atoms with Gasteiger partial charge in [-0.05, 0) is 12.1 Å². The van der Waals surface area contributed by atoms with Crippen molar-refractivity contribution < 1.29 is 24.5 Å². The number of pyridine rings is 1. The van der Waals surface area contributed by atoms with E-state index in [2.05, 4.69) is 4.98 Å². The number of aromatic carboxylic acids is 1. The molecule has 0 aliphatic rings. The number of carbonyl (C=O) groups is 2. The number of ether oxygens (including phenoxy) is 1. The molecule has 7 nitrogen and oxygen atoms in total. The van der Waals surface area contributed by atoms with E-state index in [1.54, 1.807) is 18.2 Å². The van der Waals surface area contributed by atoms with E-state index in [0.717, 1.165) is 0 Å². The molecule has 7 heteroatoms. The van der Waals surface area contributed by atoms with Gasteiger partial charge in [0.1, 0.15) is 12.2 Å². The van der Waals surface area contributed by atoms with Crippen molar-refractivity contribution in [3.05, 3.63) is 29.7 Å². The van der Waals surface area contributed by atoms with E-state index in [-0.39, 0.29) is 17.9 Å². The maximum Gasteiger partial charge on any atom is 0.356 e. The SMILES string of the molecule is COc1cccc2c(C(=O)O)nc(CC(=O)O)n12. The van der Waals surface area contributed by atoms with Gasteiger partial charge in [-0.2, -0.15) is 0 Å². The molecular formula is C11H10N2O5. The van der Waals surface area contributed by atoms with Gasteiger partial charge in [0.15, 0.2) is 11.6 Å². The fourth-order valence-corrected chi connectivity index (χ4v) is 1.75. The summed E-state index contributed by atoms with van der Waals surface area (Å²) < 4.78 is 6.47. The number of fused-ring (bicyclic) bond motifs is 1. The zero-order valence-corrected chi connectivity index (χ0v) is 9.45. The van der Waals surface area contributed by atoms with E-state index in [1.807, 2.05) is 0 Å². The van der Waals surface area contributed by atoms with E-state index in [1.165, 1.54) is 11.5 Å². The second kappa shape index (κ2) is 4.36. The second-order valence-corrected chi connectivity index (χ2v) is 3.54. The summed E-state index contributed by atoms with van der Waals surface area (Å²) in [6.45, 7) is 0. The lowest BCUT2D eigenvalue weighted by Gasteiger charge is -2.05. The fraction of sp³-hybridized carbons (Fsp3) is 0.182. The van der Waals surface area contributed by atoms with Crippen LogP contribution in [0.1, 0.15) is 16.3 Å². The summed E-state index contributed by atoms with van der Waals surface area (Å²) in [4.78, 5) is 25.6. The van der Waals surface area contributed by atoms with Crippen molar-refractivity contribution in [2.75, 3.05) is 7.11 Å². The van der Waals surface area contributed by atoms with Crippen LogP contribution in [0.4, 0.5) is 0 Å². The lowest BCUT2D eigenvalue weighted by Crippen LogP contribution is -2.06. The highest BCUT2D eigenvalue weighted by Crippen LogP contribution is 2.21. The van der Waals surface area contributed by atoms with Gasteiger partial charge in [-0.1, -0.05) is 6.07 Å². The van der Waals surface area contributed by atoms with Gasteiger partial charge in [0, 0.05) is 0 Å². The molecule has 0 bridgehead atoms. The summed E-state index contributed by atoms with van der Waals surface area (Å²) in [5.41, 5.74) is 0.114. The van der Waals surface area contributed by atoms with Gasteiger partial charge in [0.2, 0.25) is 0 Å². The molecule has 0 fully saturated rings. The van der Waals surface area contributed by atoms with Crippen LogP contribution in [-0.2, 0) is 11.2 Å². The Hall–Kier alpha value is -2.57. The summed E-state index contributed by atoms with van der Waals surface area (Å²) in [7, 11) is 1.42. The van der Waals surface area contributed by atoms with Crippen LogP contribution in [0.15, 0.2) is 18.2 Å². The standard InChI is InChI=1S/C11H10N2O5/c1-18-8-4-2-3-6-10(11(16)17)12-7(13(6)8)5-9(14)15/h2-4H,5H2,1H3,(H,14,15)(H,16,17). The quantitative estimate of drug-likeness (QED) is 0.826. The maximum absolute atomic E-state index is 11.0. The average Bonchev–Trinajstić information content (AvgIpc) is 2.67. The Balaban J connectivity index is 2.76. The predicted molar refractivity (Wildman–Crippen MR) is 60.0 cm³/mol. The number of rotatable bonds is 4. The predicted octanol–water partition coefficient (Wildman–Crippen LogP) is 0.668. The maximum atomic E-state index is 11.0. The van der Waals surface area contributed by atoms with Crippen molar-refractivity contribution in [1.82, 2.24) is 9.38 Å². The number of carboxylic acids is 2. The lowest BCUT2D eigenvalue weighted by atomic mass is 10.3. The minimum Gasteiger partial charge on any atom is -0.482 e. The monoisotopic (exact) mass is 250 g/mol. The Bertz CT molecular complexity index is 632. The number of hydrogen-bond donors (Lipinski definition) is 2. The normalized spacial score (nSPS) is 10.5. The van der Waals surface area contributed by atoms with Crippen LogP contribution in [0.3, 0.4) is 0 Å². The number of carboxylic acid groups (broad SMARTS) is 2. The van der Waals surface area contributed by atoms with Crippen LogP contribution in [0.2, 0.25) is 0 Å². The molecule has 2 N–H and O–H groups in total. The first kappa shape index (κ1) is 11.9. The average molecular weight is 250 g/mol. The van der Waals surface area contributed by atoms with Gasteiger partial charge in [-0.3, -0.25) is 9.20 Å². The summed E-state index contributed by atoms with van der Waals surface area (Å²) in [6, 6.07) is 4.77. The van der Waals surface area contributed by atoms with Crippen molar-refractivity contribution in [3.63, 3.8) is 0 Å². The zero-order valence-electron chi connectivity index (χ0n) is 9.45. The summed E-state index contributed by atoms with van der Waals surface area (Å²) >= 11 is 0. The van der Waals surface area contributed by atoms with Crippen molar-refractivity contribution in [3.8, 4) is 5.88 Å². The van der Waals surface area contributed by atoms with Gasteiger partial charge < -0.3 is 14.9 Å². The first-order valence-electron chi connectivity index (χ1n) is 5.04. The molecule has 94 valence electrons. The highest BCUT2D eigenvalue weighted by Gasteiger charge is 2.20. The van der Waals surface area contributed by atoms with E-state index in [4.69, 9.17) is 14.9 Å². The number of methoxy groups -OCH3 is 1. The number of nitrogens with zero attached hydrogens (tertiary/aromatic N) is 2. The number of hydrogen-bond acceptors (Lipinski definition) is 4. The van der Waals surface area contributed by atoms with Crippen molar-refractivity contribution in [2.45, 2.75) is 6.42 Å². The Labute approximate surface area is 101 Å². The minimum absolute atomic E-state index is 0.118. The van der Waals surface area contributed by atoms with Crippen LogP contribution in [-0.4, -0.2) is 38.6 Å². The molecule has 2 rings (SSSR count). The highest BCUT2D eigenvalue weighted by atomic mass is 16.5. The molecule has 0 aliphatic carbocycles. The minimum atomic E-state index is -1.21. The first-order valence-corrected chi connectivity index (χ1v) is 5.04. The van der Waals surface area contributed by atoms with Crippen LogP contribution in [0.25, 0.3) is 5.52 Å². The van der Waals surface area contributed by atoms with E-state index in [0.29, 0.717) is 11.4 Å². The molecule has 0 aromatic carbocycles. The van der Waals surface area contributed by atoms with Crippen molar-refractivity contribution >= 4 is 17.5 Å². The highest BCUT2D eigenvalue weighted by molar-refractivity contribution is 5.94. The van der Waals surface area contributed by atoms with Gasteiger partial charge in [-0.15, -0.1) is 0 Å². The summed E-state index contributed by atoms with van der Waals surface area (Å²) in [5.74, 6) is -1.85. The van der Waals surface area contributed by atoms with E-state index in [9.17, 15) is 9.59 Å². The van der Waals surface area contributed by atoms with Gasteiger partial charge in [-0.25, -0.2) is 9.78 Å². The topological polar surface area (TPSA) is 101 Å². The summed E-state index contributed by atoms with van der Waals surface area (Å²) in [5, 5.41) is 17.8. The Morgan fingerprint density at radius 1 is 1.39 bits per heavy atom. The molecule has 2 aromatic rings. The number of imidazole rings is 1. The van der Waals surface area contributed by atoms with Crippen LogP contribution >= 0.6 is 0 Å². The van der Waals surface area contributed by atoms with Gasteiger partial charge in [0.05, 0.1) is 12.6 Å². The molecule has 0 atom stereocenters. The molecule has 0 aliphatic heterocycles. The molecule has 18 heavy (non-hydrogen) atoms. The molecule has 0 amide bonds. The van der Waals surface area contributed by atoms with Crippen LogP contribution in [0.5, 0.6) is 5.88 Å². The van der Waals surface area contributed by atoms with Crippen LogP contribution in [0, 0.1) is 0 Å². The van der Waals surface area contributed by atoms with Crippen molar-refractivity contribution in [1.29, 1.82) is 0 Å². The molecule has 2 heterocycles. The third-order valence-electron chi connectivity index (χ3n) is 2.42. The zero-order chi connectivity index (χ0) is 13.3. The Morgan fingerprint density at radius 2 is 2.11 bits per heavy atom. The molecule has 0 saturated carbocycles. The Morgan fingerprint density at radius 3 is 2.67 bits per heavy atom. The molecule has 0 saturated heterocycles. The molecule has 0 unspecified atom stereocenters. The second-order valence-electron chi connectivity index (χ2n) is 3.54. The van der Waals surface area contributed by atoms with E-state index < -0.39 is 11.9 Å². The fourth-order valence-electron chi connectivity index (χ4n) is 1.75. The largest absolute Gasteiger partial charge is 0.482 e. The third kappa shape index (κ3) is 1.86. The van der Waals surface area contributed by atoms with Crippen molar-refractivity contribution in [2.24, 2.45) is 0 Å². The third-order valence-corrected chi connectivity index (χ3v) is 2.42. The summed E-state index contributed by atoms with van der Waals surface area (Å²) in [6.07, 6.45) is -0.380. The lowest BCUT2D eigenvalue weighted by molar-refractivity contribution is -0.136. The molecule has 0 radical (unpaired) electrons. The van der Waals surface area contributed by atoms with Crippen LogP contribution < -0.4 is 4.74 Å². The molecule has 0 spiro atoms. The van der Waals surface area contributed by atoms with E-state index >= 15 is 0 Å². The number of aromatic nitrogens is 2. The molecular weight excluding hydrogens is 240 g/mol. The Kier molecular flexibility index (Phi) is 2.88.